The van der Waals surface area contributed by atoms with E-state index in [0.717, 1.165) is 53.9 Å². The number of hydrogen-bond donors (Lipinski definition) is 0. The van der Waals surface area contributed by atoms with Crippen LogP contribution >= 0.6 is 11.3 Å². The van der Waals surface area contributed by atoms with E-state index in [1.54, 1.807) is 11.3 Å². The number of amides is 1. The molecule has 0 N–H and O–H groups in total. The van der Waals surface area contributed by atoms with Gasteiger partial charge in [-0.25, -0.2) is 4.98 Å². The second-order valence-electron chi connectivity index (χ2n) is 6.80. The normalized spacial score (nSPS) is 18.0. The van der Waals surface area contributed by atoms with Crippen molar-refractivity contribution in [1.82, 2.24) is 19.7 Å². The summed E-state index contributed by atoms with van der Waals surface area (Å²) in [5.74, 6) is 0.528. The van der Waals surface area contributed by atoms with Crippen molar-refractivity contribution in [2.45, 2.75) is 32.1 Å². The zero-order valence-electron chi connectivity index (χ0n) is 14.6. The van der Waals surface area contributed by atoms with Gasteiger partial charge in [0, 0.05) is 37.1 Å². The molecule has 0 saturated carbocycles. The molecular weight excluding hydrogens is 332 g/mol. The lowest BCUT2D eigenvalue weighted by atomic mass is 9.93. The summed E-state index contributed by atoms with van der Waals surface area (Å²) >= 11 is 1.64. The van der Waals surface area contributed by atoms with Crippen LogP contribution in [0.2, 0.25) is 0 Å². The molecule has 0 spiro atoms. The zero-order valence-corrected chi connectivity index (χ0v) is 15.4. The molecular formula is C19H22N4OS. The highest BCUT2D eigenvalue weighted by Crippen LogP contribution is 2.28. The van der Waals surface area contributed by atoms with E-state index in [1.165, 1.54) is 0 Å². The maximum Gasteiger partial charge on any atom is 0.227 e. The Kier molecular flexibility index (Phi) is 4.29. The number of hydrogen-bond acceptors (Lipinski definition) is 4. The molecule has 0 aliphatic carbocycles. The lowest BCUT2D eigenvalue weighted by molar-refractivity contribution is -0.131. The molecule has 5 nitrogen and oxygen atoms in total. The topological polar surface area (TPSA) is 51.0 Å². The first-order valence-electron chi connectivity index (χ1n) is 8.71. The zero-order chi connectivity index (χ0) is 17.4. The van der Waals surface area contributed by atoms with E-state index < -0.39 is 0 Å². The Bertz CT molecular complexity index is 900. The van der Waals surface area contributed by atoms with Crippen LogP contribution in [0.4, 0.5) is 0 Å². The number of thiophene rings is 1. The molecule has 1 saturated heterocycles. The summed E-state index contributed by atoms with van der Waals surface area (Å²) in [6.45, 7) is 3.62. The van der Waals surface area contributed by atoms with Crippen LogP contribution in [0.5, 0.6) is 0 Å². The first-order valence-corrected chi connectivity index (χ1v) is 9.65. The van der Waals surface area contributed by atoms with Gasteiger partial charge in [0.25, 0.3) is 0 Å². The fourth-order valence-electron chi connectivity index (χ4n) is 3.67. The van der Waals surface area contributed by atoms with E-state index in [9.17, 15) is 4.79 Å². The second-order valence-corrected chi connectivity index (χ2v) is 7.58. The van der Waals surface area contributed by atoms with E-state index in [0.29, 0.717) is 12.3 Å². The third-order valence-corrected chi connectivity index (χ3v) is 5.75. The Labute approximate surface area is 151 Å². The molecule has 6 heteroatoms. The number of aryl methyl sites for hydroxylation is 2. The van der Waals surface area contributed by atoms with Crippen LogP contribution in [0, 0.1) is 6.92 Å². The molecule has 25 heavy (non-hydrogen) atoms. The fraction of sp³-hybridized carbons (Fsp3) is 0.421. The number of rotatable bonds is 3. The van der Waals surface area contributed by atoms with Crippen molar-refractivity contribution in [3.63, 3.8) is 0 Å². The predicted octanol–water partition coefficient (Wildman–Crippen LogP) is 3.29. The minimum Gasteiger partial charge on any atom is -0.342 e. The van der Waals surface area contributed by atoms with Gasteiger partial charge < -0.3 is 4.90 Å². The first-order chi connectivity index (χ1) is 12.1. The summed E-state index contributed by atoms with van der Waals surface area (Å²) in [5.41, 5.74) is 4.12. The molecule has 0 unspecified atom stereocenters. The van der Waals surface area contributed by atoms with E-state index in [4.69, 9.17) is 4.98 Å². The molecule has 130 valence electrons. The molecule has 3 aromatic rings. The highest BCUT2D eigenvalue weighted by molar-refractivity contribution is 7.08. The van der Waals surface area contributed by atoms with Gasteiger partial charge in [-0.2, -0.15) is 16.4 Å². The number of fused-ring (bicyclic) bond motifs is 1. The Hall–Kier alpha value is -2.21. The Balaban J connectivity index is 1.52. The minimum absolute atomic E-state index is 0.223. The van der Waals surface area contributed by atoms with Crippen molar-refractivity contribution < 1.29 is 4.79 Å². The van der Waals surface area contributed by atoms with Crippen LogP contribution in [-0.4, -0.2) is 38.7 Å². The highest BCUT2D eigenvalue weighted by atomic mass is 32.1. The smallest absolute Gasteiger partial charge is 0.227 e. The number of likely N-dealkylation sites (tertiary alicyclic amines) is 1. The quantitative estimate of drug-likeness (QED) is 0.725. The molecule has 1 atom stereocenters. The van der Waals surface area contributed by atoms with E-state index in [1.807, 2.05) is 35.0 Å². The largest absolute Gasteiger partial charge is 0.342 e. The maximum absolute atomic E-state index is 12.6. The van der Waals surface area contributed by atoms with Gasteiger partial charge >= 0.3 is 0 Å². The predicted molar refractivity (Wildman–Crippen MR) is 99.8 cm³/mol. The molecule has 1 aliphatic heterocycles. The standard InChI is InChI=1S/C19H22N4OS/c1-13-16-5-6-17(20-19(16)22(2)21-13)15-4-3-8-23(11-15)18(24)10-14-7-9-25-12-14/h5-7,9,12,15H,3-4,8,10-11H2,1-2H3/t15-/m1/s1. The van der Waals surface area contributed by atoms with Crippen molar-refractivity contribution in [1.29, 1.82) is 0 Å². The van der Waals surface area contributed by atoms with Crippen molar-refractivity contribution in [2.75, 3.05) is 13.1 Å². The van der Waals surface area contributed by atoms with Gasteiger partial charge in [0.2, 0.25) is 5.91 Å². The molecule has 4 heterocycles. The average molecular weight is 354 g/mol. The van der Waals surface area contributed by atoms with Gasteiger partial charge in [-0.1, -0.05) is 0 Å². The van der Waals surface area contributed by atoms with Gasteiger partial charge in [-0.15, -0.1) is 0 Å². The van der Waals surface area contributed by atoms with Gasteiger partial charge in [-0.3, -0.25) is 9.48 Å². The van der Waals surface area contributed by atoms with Crippen molar-refractivity contribution in [3.8, 4) is 0 Å². The molecule has 0 bridgehead atoms. The number of carbonyl (C=O) groups excluding carboxylic acids is 1. The highest BCUT2D eigenvalue weighted by Gasteiger charge is 2.26. The lowest BCUT2D eigenvalue weighted by Crippen LogP contribution is -2.40. The van der Waals surface area contributed by atoms with Gasteiger partial charge in [0.1, 0.15) is 0 Å². The molecule has 3 aromatic heterocycles. The number of piperidine rings is 1. The van der Waals surface area contributed by atoms with Gasteiger partial charge in [0.15, 0.2) is 5.65 Å². The Morgan fingerprint density at radius 3 is 3.04 bits per heavy atom. The van der Waals surface area contributed by atoms with Gasteiger partial charge in [0.05, 0.1) is 12.1 Å². The number of aromatic nitrogens is 3. The lowest BCUT2D eigenvalue weighted by Gasteiger charge is -2.32. The van der Waals surface area contributed by atoms with Crippen LogP contribution in [0.25, 0.3) is 11.0 Å². The summed E-state index contributed by atoms with van der Waals surface area (Å²) in [6, 6.07) is 6.25. The Morgan fingerprint density at radius 2 is 2.24 bits per heavy atom. The van der Waals surface area contributed by atoms with Crippen molar-refractivity contribution in [3.05, 3.63) is 45.9 Å². The molecule has 1 fully saturated rings. The van der Waals surface area contributed by atoms with Crippen LogP contribution < -0.4 is 0 Å². The minimum atomic E-state index is 0.223. The van der Waals surface area contributed by atoms with Crippen molar-refractivity contribution >= 4 is 28.3 Å². The summed E-state index contributed by atoms with van der Waals surface area (Å²) in [4.78, 5) is 19.5. The van der Waals surface area contributed by atoms with E-state index >= 15 is 0 Å². The second kappa shape index (κ2) is 6.59. The van der Waals surface area contributed by atoms with E-state index in [2.05, 4.69) is 22.6 Å². The summed E-state index contributed by atoms with van der Waals surface area (Å²) in [6.07, 6.45) is 2.62. The average Bonchev–Trinajstić information content (AvgIpc) is 3.23. The molecule has 0 aromatic carbocycles. The molecule has 0 radical (unpaired) electrons. The SMILES string of the molecule is Cc1nn(C)c2nc([C@@H]3CCCN(C(=O)Cc4ccsc4)C3)ccc12. The molecule has 4 rings (SSSR count). The maximum atomic E-state index is 12.6. The van der Waals surface area contributed by atoms with Crippen LogP contribution in [0.1, 0.15) is 35.7 Å². The molecule has 1 amide bonds. The summed E-state index contributed by atoms with van der Waals surface area (Å²) < 4.78 is 1.84. The van der Waals surface area contributed by atoms with Crippen LogP contribution in [0.15, 0.2) is 29.0 Å². The third kappa shape index (κ3) is 3.18. The molecule has 1 aliphatic rings. The Morgan fingerprint density at radius 1 is 1.36 bits per heavy atom. The van der Waals surface area contributed by atoms with Crippen LogP contribution in [-0.2, 0) is 18.3 Å². The fourth-order valence-corrected chi connectivity index (χ4v) is 4.34. The first kappa shape index (κ1) is 16.3. The number of carbonyl (C=O) groups is 1. The summed E-state index contributed by atoms with van der Waals surface area (Å²) in [5, 5.41) is 9.64. The number of nitrogens with zero attached hydrogens (tertiary/aromatic N) is 4. The van der Waals surface area contributed by atoms with E-state index in [-0.39, 0.29) is 5.91 Å². The van der Waals surface area contributed by atoms with Gasteiger partial charge in [-0.05, 0) is 54.3 Å². The number of pyridine rings is 1. The summed E-state index contributed by atoms with van der Waals surface area (Å²) in [7, 11) is 1.93. The monoisotopic (exact) mass is 354 g/mol. The van der Waals surface area contributed by atoms with Crippen molar-refractivity contribution in [2.24, 2.45) is 7.05 Å². The third-order valence-electron chi connectivity index (χ3n) is 5.02. The van der Waals surface area contributed by atoms with Crippen LogP contribution in [0.3, 0.4) is 0 Å².